The summed E-state index contributed by atoms with van der Waals surface area (Å²) in [6, 6.07) is -0.845. The van der Waals surface area contributed by atoms with Gasteiger partial charge in [0, 0.05) is 19.8 Å². The van der Waals surface area contributed by atoms with Crippen molar-refractivity contribution >= 4 is 32.6 Å². The Morgan fingerprint density at radius 2 is 1.79 bits per heavy atom. The predicted octanol–water partition coefficient (Wildman–Crippen LogP) is -1.84. The molecular weight excluding hydrogens is 393 g/mol. The van der Waals surface area contributed by atoms with Crippen LogP contribution in [0.15, 0.2) is 9.65 Å². The maximum atomic E-state index is 11.9. The Hall–Kier alpha value is -0.873. The monoisotopic (exact) mass is 423 g/mol. The summed E-state index contributed by atoms with van der Waals surface area (Å²) >= 11 is 0. The van der Waals surface area contributed by atoms with Gasteiger partial charge in [0.25, 0.3) is 5.91 Å². The molecule has 28 heavy (non-hydrogen) atoms. The Balaban J connectivity index is 0. The molecule has 2 unspecified atom stereocenters. The zero-order chi connectivity index (χ0) is 21.1. The van der Waals surface area contributed by atoms with Crippen LogP contribution in [0.4, 0.5) is 0 Å². The van der Waals surface area contributed by atoms with Crippen LogP contribution in [-0.4, -0.2) is 45.9 Å². The van der Waals surface area contributed by atoms with Gasteiger partial charge in [-0.1, -0.05) is 27.2 Å². The number of carbonyl (C=O) groups is 2. The van der Waals surface area contributed by atoms with Gasteiger partial charge in [0.2, 0.25) is 12.0 Å². The normalized spacial score (nSPS) is 19.9. The average Bonchev–Trinajstić information content (AvgIpc) is 2.56. The van der Waals surface area contributed by atoms with E-state index in [9.17, 15) is 19.5 Å². The van der Waals surface area contributed by atoms with Crippen LogP contribution in [0.2, 0.25) is 6.55 Å². The second-order valence-electron chi connectivity index (χ2n) is 6.16. The number of amidine groups is 1. The van der Waals surface area contributed by atoms with Gasteiger partial charge in [-0.3, -0.25) is 9.59 Å². The van der Waals surface area contributed by atoms with E-state index in [4.69, 9.17) is 8.85 Å². The Bertz CT molecular complexity index is 591. The Labute approximate surface area is 190 Å². The van der Waals surface area contributed by atoms with E-state index in [0.29, 0.717) is 19.6 Å². The number of nitrogens with zero attached hydrogens (tertiary/aromatic N) is 2. The SMILES string of the molecule is CCCC(C)C1(CC)C(=O)N=C([O-])NC1=O.CCO[Si](C)(N=C=O)OCC.[Na+]. The van der Waals surface area contributed by atoms with Crippen LogP contribution in [0, 0.1) is 11.3 Å². The van der Waals surface area contributed by atoms with Crippen molar-refractivity contribution < 1.29 is 57.9 Å². The van der Waals surface area contributed by atoms with Crippen molar-refractivity contribution in [3.63, 3.8) is 0 Å². The van der Waals surface area contributed by atoms with E-state index in [-0.39, 0.29) is 35.5 Å². The summed E-state index contributed by atoms with van der Waals surface area (Å²) in [6.45, 7) is 12.0. The molecule has 11 heteroatoms. The third kappa shape index (κ3) is 7.86. The number of hydrogen-bond donors (Lipinski definition) is 1. The topological polar surface area (TPSA) is 129 Å². The zero-order valence-electron chi connectivity index (χ0n) is 18.0. The quantitative estimate of drug-likeness (QED) is 0.201. The molecule has 1 heterocycles. The Kier molecular flexibility index (Phi) is 14.8. The van der Waals surface area contributed by atoms with Crippen LogP contribution in [0.25, 0.3) is 0 Å². The molecule has 0 radical (unpaired) electrons. The van der Waals surface area contributed by atoms with Crippen LogP contribution in [0.1, 0.15) is 53.9 Å². The second kappa shape index (κ2) is 14.2. The van der Waals surface area contributed by atoms with Gasteiger partial charge in [-0.05, 0) is 32.6 Å². The zero-order valence-corrected chi connectivity index (χ0v) is 21.0. The first kappa shape index (κ1) is 29.3. The molecule has 2 amide bonds. The van der Waals surface area contributed by atoms with Gasteiger partial charge in [0.15, 0.2) is 0 Å². The molecule has 1 aliphatic heterocycles. The summed E-state index contributed by atoms with van der Waals surface area (Å²) < 4.78 is 13.9. The molecule has 0 aliphatic carbocycles. The molecule has 1 aliphatic rings. The molecule has 0 saturated heterocycles. The Morgan fingerprint density at radius 1 is 1.25 bits per heavy atom. The van der Waals surface area contributed by atoms with E-state index in [1.165, 1.54) is 6.08 Å². The summed E-state index contributed by atoms with van der Waals surface area (Å²) in [5.41, 5.74) is -1.15. The number of aliphatic imine (C=N–C) groups is 1. The predicted molar refractivity (Wildman–Crippen MR) is 100 cm³/mol. The summed E-state index contributed by atoms with van der Waals surface area (Å²) in [7, 11) is -2.55. The maximum Gasteiger partial charge on any atom is 1.00 e. The number of isocyanates is 1. The fourth-order valence-electron chi connectivity index (χ4n) is 3.02. The first-order valence-electron chi connectivity index (χ1n) is 9.15. The maximum absolute atomic E-state index is 11.9. The average molecular weight is 424 g/mol. The van der Waals surface area contributed by atoms with Gasteiger partial charge in [-0.15, -0.1) is 0 Å². The first-order valence-corrected chi connectivity index (χ1v) is 11.4. The third-order valence-electron chi connectivity index (χ3n) is 4.40. The van der Waals surface area contributed by atoms with Crippen LogP contribution in [0.3, 0.4) is 0 Å². The van der Waals surface area contributed by atoms with E-state index in [2.05, 4.69) is 15.0 Å². The van der Waals surface area contributed by atoms with Crippen molar-refractivity contribution in [1.29, 1.82) is 0 Å². The minimum atomic E-state index is -2.55. The van der Waals surface area contributed by atoms with Gasteiger partial charge in [0.05, 0.1) is 6.02 Å². The molecule has 0 bridgehead atoms. The van der Waals surface area contributed by atoms with Crippen molar-refractivity contribution in [2.75, 3.05) is 13.2 Å². The number of carbonyl (C=O) groups excluding carboxylic acids is 3. The number of rotatable bonds is 9. The van der Waals surface area contributed by atoms with Crippen molar-refractivity contribution in [2.24, 2.45) is 21.0 Å². The molecule has 0 aromatic carbocycles. The van der Waals surface area contributed by atoms with Gasteiger partial charge < -0.3 is 19.3 Å². The van der Waals surface area contributed by atoms with E-state index < -0.39 is 32.0 Å². The van der Waals surface area contributed by atoms with E-state index in [0.717, 1.165) is 12.8 Å². The van der Waals surface area contributed by atoms with Crippen LogP contribution >= 0.6 is 0 Å². The van der Waals surface area contributed by atoms with E-state index >= 15 is 0 Å². The fraction of sp³-hybridized carbons (Fsp3) is 0.765. The molecule has 0 aromatic rings. The van der Waals surface area contributed by atoms with Gasteiger partial charge in [0.1, 0.15) is 5.41 Å². The molecule has 0 spiro atoms. The molecule has 0 fully saturated rings. The van der Waals surface area contributed by atoms with E-state index in [1.807, 2.05) is 27.7 Å². The molecular formula is C17H30N3NaO6Si. The minimum Gasteiger partial charge on any atom is -0.846 e. The van der Waals surface area contributed by atoms with Crippen molar-refractivity contribution in [3.05, 3.63) is 0 Å². The summed E-state index contributed by atoms with van der Waals surface area (Å²) in [5.74, 6) is -1.20. The largest absolute Gasteiger partial charge is 1.00 e. The van der Waals surface area contributed by atoms with Gasteiger partial charge in [-0.25, -0.2) is 9.79 Å². The Morgan fingerprint density at radius 3 is 2.14 bits per heavy atom. The summed E-state index contributed by atoms with van der Waals surface area (Å²) in [4.78, 5) is 37.0. The van der Waals surface area contributed by atoms with Crippen LogP contribution in [0.5, 0.6) is 0 Å². The smallest absolute Gasteiger partial charge is 0.846 e. The first-order chi connectivity index (χ1) is 12.7. The molecule has 0 aromatic heterocycles. The summed E-state index contributed by atoms with van der Waals surface area (Å²) in [5, 5.41) is 13.1. The van der Waals surface area contributed by atoms with Crippen molar-refractivity contribution in [1.82, 2.24) is 5.32 Å². The van der Waals surface area contributed by atoms with Crippen molar-refractivity contribution in [2.45, 2.75) is 60.4 Å². The molecule has 2 atom stereocenters. The van der Waals surface area contributed by atoms with Gasteiger partial charge >= 0.3 is 38.3 Å². The summed E-state index contributed by atoms with van der Waals surface area (Å²) in [6.07, 6.45) is 3.48. The second-order valence-corrected chi connectivity index (χ2v) is 8.75. The number of nitrogens with one attached hydrogen (secondary N) is 1. The van der Waals surface area contributed by atoms with E-state index in [1.54, 1.807) is 13.5 Å². The molecule has 1 rings (SSSR count). The molecule has 9 nitrogen and oxygen atoms in total. The van der Waals surface area contributed by atoms with Gasteiger partial charge in [-0.2, -0.15) is 4.66 Å². The number of amides is 2. The minimum absolute atomic E-state index is 0. The van der Waals surface area contributed by atoms with Crippen LogP contribution < -0.4 is 40.0 Å². The van der Waals surface area contributed by atoms with Crippen LogP contribution in [-0.2, 0) is 23.2 Å². The van der Waals surface area contributed by atoms with Crippen molar-refractivity contribution in [3.8, 4) is 0 Å². The fourth-order valence-corrected chi connectivity index (χ4v) is 4.47. The standard InChI is InChI=1S/C11H18N2O3.C6H13NO3Si.Na/c1-4-6-7(3)11(5-2)8(14)12-10(16)13-9(11)15;1-4-9-11(3,7-6-8)10-5-2;/h7H,4-6H2,1-3H3,(H2,12,13,14,15,16);4-5H2,1-3H3;/q;;+1/p-1. The number of hydrogen-bond acceptors (Lipinski definition) is 7. The third-order valence-corrected chi connectivity index (χ3v) is 6.55. The molecule has 154 valence electrons. The molecule has 0 saturated carbocycles. The molecule has 1 N–H and O–H groups in total.